The summed E-state index contributed by atoms with van der Waals surface area (Å²) >= 11 is 0. The highest BCUT2D eigenvalue weighted by Crippen LogP contribution is 2.21. The van der Waals surface area contributed by atoms with Gasteiger partial charge in [0.25, 0.3) is 5.91 Å². The zero-order chi connectivity index (χ0) is 13.8. The molecule has 1 aliphatic carbocycles. The summed E-state index contributed by atoms with van der Waals surface area (Å²) in [7, 11) is 0. The minimum absolute atomic E-state index is 0.0456. The molecular formula is C14H23N3O2. The zero-order valence-electron chi connectivity index (χ0n) is 11.7. The normalized spacial score (nSPS) is 16.8. The molecule has 1 heterocycles. The van der Waals surface area contributed by atoms with E-state index in [-0.39, 0.29) is 24.5 Å². The first-order valence-corrected chi connectivity index (χ1v) is 7.11. The Morgan fingerprint density at radius 2 is 2.11 bits per heavy atom. The predicted octanol–water partition coefficient (Wildman–Crippen LogP) is 1.43. The van der Waals surface area contributed by atoms with Crippen molar-refractivity contribution in [1.82, 2.24) is 15.5 Å². The van der Waals surface area contributed by atoms with Gasteiger partial charge in [-0.2, -0.15) is 5.10 Å². The Morgan fingerprint density at radius 3 is 2.79 bits per heavy atom. The lowest BCUT2D eigenvalue weighted by Crippen LogP contribution is -2.41. The molecule has 0 bridgehead atoms. The van der Waals surface area contributed by atoms with E-state index in [1.807, 2.05) is 13.8 Å². The van der Waals surface area contributed by atoms with Crippen LogP contribution in [0.3, 0.4) is 0 Å². The van der Waals surface area contributed by atoms with E-state index in [4.69, 9.17) is 0 Å². The van der Waals surface area contributed by atoms with Crippen LogP contribution in [0.25, 0.3) is 0 Å². The summed E-state index contributed by atoms with van der Waals surface area (Å²) in [6.07, 6.45) is 5.36. The summed E-state index contributed by atoms with van der Waals surface area (Å²) in [6, 6.07) is -0.217. The van der Waals surface area contributed by atoms with Gasteiger partial charge in [0.05, 0.1) is 12.6 Å². The summed E-state index contributed by atoms with van der Waals surface area (Å²) in [4.78, 5) is 12.3. The number of H-pyrrole nitrogens is 1. The van der Waals surface area contributed by atoms with Gasteiger partial charge in [0, 0.05) is 11.3 Å². The maximum absolute atomic E-state index is 12.3. The molecule has 0 saturated carbocycles. The molecule has 5 nitrogen and oxygen atoms in total. The Labute approximate surface area is 113 Å². The van der Waals surface area contributed by atoms with Crippen molar-refractivity contribution in [2.75, 3.05) is 6.61 Å². The van der Waals surface area contributed by atoms with Crippen molar-refractivity contribution in [2.24, 2.45) is 5.92 Å². The molecule has 1 unspecified atom stereocenters. The summed E-state index contributed by atoms with van der Waals surface area (Å²) in [6.45, 7) is 3.91. The fourth-order valence-corrected chi connectivity index (χ4v) is 2.51. The number of hydrogen-bond acceptors (Lipinski definition) is 3. The van der Waals surface area contributed by atoms with Crippen LogP contribution in [0, 0.1) is 5.92 Å². The molecule has 0 fully saturated rings. The van der Waals surface area contributed by atoms with Crippen molar-refractivity contribution >= 4 is 5.91 Å². The van der Waals surface area contributed by atoms with E-state index in [1.54, 1.807) is 0 Å². The lowest BCUT2D eigenvalue weighted by Gasteiger charge is -2.19. The first-order chi connectivity index (χ1) is 9.13. The van der Waals surface area contributed by atoms with Gasteiger partial charge in [-0.3, -0.25) is 9.89 Å². The van der Waals surface area contributed by atoms with Gasteiger partial charge in [-0.15, -0.1) is 0 Å². The standard InChI is InChI=1S/C14H23N3O2/c1-9(2)12(8-18)15-14(19)13-10-6-4-3-5-7-11(10)16-17-13/h9,12,18H,3-8H2,1-2H3,(H,15,19)(H,16,17). The molecule has 5 heteroatoms. The topological polar surface area (TPSA) is 78.0 Å². The van der Waals surface area contributed by atoms with Crippen LogP contribution >= 0.6 is 0 Å². The summed E-state index contributed by atoms with van der Waals surface area (Å²) in [5, 5.41) is 19.3. The molecule has 1 amide bonds. The Balaban J connectivity index is 2.13. The van der Waals surface area contributed by atoms with Gasteiger partial charge < -0.3 is 10.4 Å². The number of aryl methyl sites for hydroxylation is 1. The molecule has 0 aromatic carbocycles. The molecule has 106 valence electrons. The smallest absolute Gasteiger partial charge is 0.272 e. The van der Waals surface area contributed by atoms with Gasteiger partial charge in [-0.1, -0.05) is 20.3 Å². The molecule has 2 rings (SSSR count). The van der Waals surface area contributed by atoms with Gasteiger partial charge in [-0.25, -0.2) is 0 Å². The van der Waals surface area contributed by atoms with Crippen LogP contribution in [0.15, 0.2) is 0 Å². The number of aliphatic hydroxyl groups excluding tert-OH is 1. The molecule has 1 aliphatic rings. The van der Waals surface area contributed by atoms with Crippen LogP contribution < -0.4 is 5.32 Å². The lowest BCUT2D eigenvalue weighted by atomic mass is 10.0. The third-order valence-electron chi connectivity index (χ3n) is 3.84. The Bertz CT molecular complexity index is 440. The van der Waals surface area contributed by atoms with Crippen molar-refractivity contribution < 1.29 is 9.90 Å². The van der Waals surface area contributed by atoms with E-state index in [0.29, 0.717) is 5.69 Å². The summed E-state index contributed by atoms with van der Waals surface area (Å²) in [5.74, 6) is 0.0265. The molecule has 0 radical (unpaired) electrons. The molecular weight excluding hydrogens is 242 g/mol. The van der Waals surface area contributed by atoms with E-state index in [2.05, 4.69) is 15.5 Å². The predicted molar refractivity (Wildman–Crippen MR) is 73.0 cm³/mol. The van der Waals surface area contributed by atoms with Crippen LogP contribution in [0.5, 0.6) is 0 Å². The molecule has 1 atom stereocenters. The number of rotatable bonds is 4. The maximum Gasteiger partial charge on any atom is 0.272 e. The number of aromatic amines is 1. The third-order valence-corrected chi connectivity index (χ3v) is 3.84. The number of carbonyl (C=O) groups excluding carboxylic acids is 1. The first-order valence-electron chi connectivity index (χ1n) is 7.11. The van der Waals surface area contributed by atoms with Crippen LogP contribution in [-0.4, -0.2) is 33.9 Å². The third kappa shape index (κ3) is 3.15. The highest BCUT2D eigenvalue weighted by atomic mass is 16.3. The highest BCUT2D eigenvalue weighted by molar-refractivity contribution is 5.94. The van der Waals surface area contributed by atoms with Crippen LogP contribution in [-0.2, 0) is 12.8 Å². The first kappa shape index (κ1) is 14.1. The molecule has 0 spiro atoms. The van der Waals surface area contributed by atoms with Crippen molar-refractivity contribution in [2.45, 2.75) is 52.0 Å². The van der Waals surface area contributed by atoms with Crippen molar-refractivity contribution in [1.29, 1.82) is 0 Å². The molecule has 0 saturated heterocycles. The van der Waals surface area contributed by atoms with E-state index < -0.39 is 0 Å². The molecule has 3 N–H and O–H groups in total. The second-order valence-electron chi connectivity index (χ2n) is 5.60. The van der Waals surface area contributed by atoms with Crippen LogP contribution in [0.4, 0.5) is 0 Å². The van der Waals surface area contributed by atoms with Gasteiger partial charge in [-0.05, 0) is 31.6 Å². The van der Waals surface area contributed by atoms with Gasteiger partial charge in [0.15, 0.2) is 5.69 Å². The van der Waals surface area contributed by atoms with Gasteiger partial charge in [0.2, 0.25) is 0 Å². The number of aromatic nitrogens is 2. The van der Waals surface area contributed by atoms with E-state index in [9.17, 15) is 9.90 Å². The summed E-state index contributed by atoms with van der Waals surface area (Å²) < 4.78 is 0. The van der Waals surface area contributed by atoms with E-state index >= 15 is 0 Å². The minimum atomic E-state index is -0.217. The summed E-state index contributed by atoms with van der Waals surface area (Å²) in [5.41, 5.74) is 2.68. The highest BCUT2D eigenvalue weighted by Gasteiger charge is 2.23. The Hall–Kier alpha value is -1.36. The van der Waals surface area contributed by atoms with Crippen LogP contribution in [0.2, 0.25) is 0 Å². The number of aliphatic hydroxyl groups is 1. The largest absolute Gasteiger partial charge is 0.394 e. The number of fused-ring (bicyclic) bond motifs is 1. The monoisotopic (exact) mass is 265 g/mol. The minimum Gasteiger partial charge on any atom is -0.394 e. The average molecular weight is 265 g/mol. The number of nitrogens with one attached hydrogen (secondary N) is 2. The van der Waals surface area contributed by atoms with E-state index in [0.717, 1.165) is 36.9 Å². The number of nitrogens with zero attached hydrogens (tertiary/aromatic N) is 1. The van der Waals surface area contributed by atoms with Crippen molar-refractivity contribution in [3.8, 4) is 0 Å². The maximum atomic E-state index is 12.3. The number of amides is 1. The van der Waals surface area contributed by atoms with Crippen LogP contribution in [0.1, 0.15) is 54.9 Å². The quantitative estimate of drug-likeness (QED) is 0.721. The second-order valence-corrected chi connectivity index (χ2v) is 5.60. The average Bonchev–Trinajstić information content (AvgIpc) is 2.64. The number of carbonyl (C=O) groups is 1. The Kier molecular flexibility index (Phi) is 4.58. The molecule has 1 aromatic rings. The van der Waals surface area contributed by atoms with Crippen molar-refractivity contribution in [3.63, 3.8) is 0 Å². The molecule has 1 aromatic heterocycles. The fraction of sp³-hybridized carbons (Fsp3) is 0.714. The Morgan fingerprint density at radius 1 is 1.37 bits per heavy atom. The zero-order valence-corrected chi connectivity index (χ0v) is 11.7. The van der Waals surface area contributed by atoms with Crippen molar-refractivity contribution in [3.05, 3.63) is 17.0 Å². The molecule has 19 heavy (non-hydrogen) atoms. The van der Waals surface area contributed by atoms with Gasteiger partial charge >= 0.3 is 0 Å². The van der Waals surface area contributed by atoms with E-state index in [1.165, 1.54) is 6.42 Å². The fourth-order valence-electron chi connectivity index (χ4n) is 2.51. The van der Waals surface area contributed by atoms with Gasteiger partial charge in [0.1, 0.15) is 0 Å². The lowest BCUT2D eigenvalue weighted by molar-refractivity contribution is 0.0890. The number of hydrogen-bond donors (Lipinski definition) is 3. The second kappa shape index (κ2) is 6.19. The molecule has 0 aliphatic heterocycles. The SMILES string of the molecule is CC(C)C(CO)NC(=O)c1n[nH]c2c1CCCCC2.